The molecule has 0 aliphatic heterocycles. The predicted octanol–water partition coefficient (Wildman–Crippen LogP) is 2.65. The zero-order valence-electron chi connectivity index (χ0n) is 9.97. The van der Waals surface area contributed by atoms with E-state index in [0.717, 1.165) is 11.3 Å². The molecule has 0 aromatic heterocycles. The number of amides is 1. The number of carbonyl (C=O) groups excluding carboxylic acids is 1. The Balaban J connectivity index is 2.64. The van der Waals surface area contributed by atoms with Gasteiger partial charge in [-0.05, 0) is 23.6 Å². The third-order valence-electron chi connectivity index (χ3n) is 2.40. The standard InChI is InChI=1S/C13H16N2OS/c1-9(2)12(17)13(16)15-11-5-3-10(4-6-11)7-8-14/h3-6,9,12,17H,7H2,1-2H3,(H,15,16). The number of thiol groups is 1. The first-order valence-electron chi connectivity index (χ1n) is 5.49. The molecule has 0 bridgehead atoms. The normalized spacial score (nSPS) is 11.9. The summed E-state index contributed by atoms with van der Waals surface area (Å²) < 4.78 is 0. The summed E-state index contributed by atoms with van der Waals surface area (Å²) in [5, 5.41) is 11.0. The maximum atomic E-state index is 11.7. The van der Waals surface area contributed by atoms with E-state index in [-0.39, 0.29) is 17.1 Å². The van der Waals surface area contributed by atoms with E-state index in [0.29, 0.717) is 6.42 Å². The molecule has 3 nitrogen and oxygen atoms in total. The summed E-state index contributed by atoms with van der Waals surface area (Å²) in [6.45, 7) is 3.90. The molecule has 1 unspecified atom stereocenters. The van der Waals surface area contributed by atoms with Gasteiger partial charge in [0, 0.05) is 5.69 Å². The molecule has 0 saturated carbocycles. The van der Waals surface area contributed by atoms with Gasteiger partial charge in [-0.3, -0.25) is 4.79 Å². The smallest absolute Gasteiger partial charge is 0.237 e. The highest BCUT2D eigenvalue weighted by molar-refractivity contribution is 7.81. The van der Waals surface area contributed by atoms with Crippen molar-refractivity contribution in [2.45, 2.75) is 25.5 Å². The van der Waals surface area contributed by atoms with Crippen LogP contribution in [0.5, 0.6) is 0 Å². The van der Waals surface area contributed by atoms with Gasteiger partial charge in [-0.1, -0.05) is 26.0 Å². The molecule has 90 valence electrons. The highest BCUT2D eigenvalue weighted by atomic mass is 32.1. The lowest BCUT2D eigenvalue weighted by molar-refractivity contribution is -0.116. The Morgan fingerprint density at radius 3 is 2.47 bits per heavy atom. The first-order chi connectivity index (χ1) is 8.04. The zero-order valence-corrected chi connectivity index (χ0v) is 10.9. The summed E-state index contributed by atoms with van der Waals surface area (Å²) in [7, 11) is 0. The molecule has 1 aromatic carbocycles. The Labute approximate surface area is 107 Å². The Hall–Kier alpha value is -1.47. The minimum Gasteiger partial charge on any atom is -0.325 e. The van der Waals surface area contributed by atoms with Crippen LogP contribution in [0.3, 0.4) is 0 Å². The summed E-state index contributed by atoms with van der Waals surface area (Å²) >= 11 is 4.25. The lowest BCUT2D eigenvalue weighted by Crippen LogP contribution is -2.27. The van der Waals surface area contributed by atoms with E-state index in [1.165, 1.54) is 0 Å². The van der Waals surface area contributed by atoms with E-state index in [4.69, 9.17) is 5.26 Å². The molecule has 0 saturated heterocycles. The van der Waals surface area contributed by atoms with Crippen molar-refractivity contribution >= 4 is 24.2 Å². The van der Waals surface area contributed by atoms with Crippen molar-refractivity contribution < 1.29 is 4.79 Å². The van der Waals surface area contributed by atoms with E-state index in [2.05, 4.69) is 24.0 Å². The van der Waals surface area contributed by atoms with Gasteiger partial charge < -0.3 is 5.32 Å². The summed E-state index contributed by atoms with van der Waals surface area (Å²) in [5.74, 6) is 0.0903. The number of nitrogens with zero attached hydrogens (tertiary/aromatic N) is 1. The number of nitriles is 1. The third-order valence-corrected chi connectivity index (χ3v) is 3.24. The summed E-state index contributed by atoms with van der Waals surface area (Å²) in [5.41, 5.74) is 1.67. The van der Waals surface area contributed by atoms with Gasteiger partial charge in [0.05, 0.1) is 17.7 Å². The molecule has 1 amide bonds. The lowest BCUT2D eigenvalue weighted by atomic mass is 10.1. The molecule has 0 aliphatic carbocycles. The van der Waals surface area contributed by atoms with E-state index in [9.17, 15) is 4.79 Å². The fraction of sp³-hybridized carbons (Fsp3) is 0.385. The number of hydrogen-bond acceptors (Lipinski definition) is 3. The lowest BCUT2D eigenvalue weighted by Gasteiger charge is -2.14. The number of carbonyl (C=O) groups is 1. The Morgan fingerprint density at radius 1 is 1.41 bits per heavy atom. The average molecular weight is 248 g/mol. The molecule has 1 N–H and O–H groups in total. The van der Waals surface area contributed by atoms with Crippen LogP contribution in [0.4, 0.5) is 5.69 Å². The van der Waals surface area contributed by atoms with Crippen LogP contribution in [0.2, 0.25) is 0 Å². The van der Waals surface area contributed by atoms with E-state index in [1.54, 1.807) is 12.1 Å². The Kier molecular flexibility index (Phi) is 5.05. The number of benzene rings is 1. The van der Waals surface area contributed by atoms with Gasteiger partial charge in [-0.25, -0.2) is 0 Å². The minimum absolute atomic E-state index is 0.101. The fourth-order valence-corrected chi connectivity index (χ4v) is 1.38. The Morgan fingerprint density at radius 2 is 2.00 bits per heavy atom. The van der Waals surface area contributed by atoms with Crippen LogP contribution in [-0.2, 0) is 11.2 Å². The second kappa shape index (κ2) is 6.31. The van der Waals surface area contributed by atoms with Crippen LogP contribution >= 0.6 is 12.6 Å². The molecule has 0 heterocycles. The van der Waals surface area contributed by atoms with Crippen molar-refractivity contribution in [3.8, 4) is 6.07 Å². The van der Waals surface area contributed by atoms with Crippen molar-refractivity contribution in [3.05, 3.63) is 29.8 Å². The maximum absolute atomic E-state index is 11.7. The summed E-state index contributed by atoms with van der Waals surface area (Å²) in [6.07, 6.45) is 0.384. The second-order valence-corrected chi connectivity index (χ2v) is 4.77. The van der Waals surface area contributed by atoms with Crippen molar-refractivity contribution in [2.24, 2.45) is 5.92 Å². The van der Waals surface area contributed by atoms with E-state index < -0.39 is 0 Å². The van der Waals surface area contributed by atoms with Crippen molar-refractivity contribution in [2.75, 3.05) is 5.32 Å². The fourth-order valence-electron chi connectivity index (χ4n) is 1.32. The SMILES string of the molecule is CC(C)C(S)C(=O)Nc1ccc(CC#N)cc1. The number of nitrogens with one attached hydrogen (secondary N) is 1. The monoisotopic (exact) mass is 248 g/mol. The van der Waals surface area contributed by atoms with Crippen molar-refractivity contribution in [1.29, 1.82) is 5.26 Å². The van der Waals surface area contributed by atoms with Gasteiger partial charge >= 0.3 is 0 Å². The molecule has 0 aliphatic rings. The molecule has 1 aromatic rings. The zero-order chi connectivity index (χ0) is 12.8. The van der Waals surface area contributed by atoms with E-state index in [1.807, 2.05) is 26.0 Å². The molecule has 1 atom stereocenters. The van der Waals surface area contributed by atoms with Crippen molar-refractivity contribution in [1.82, 2.24) is 0 Å². The molecular formula is C13H16N2OS. The van der Waals surface area contributed by atoms with Crippen LogP contribution in [0.1, 0.15) is 19.4 Å². The van der Waals surface area contributed by atoms with Crippen LogP contribution in [-0.4, -0.2) is 11.2 Å². The van der Waals surface area contributed by atoms with Gasteiger partial charge in [-0.15, -0.1) is 0 Å². The highest BCUT2D eigenvalue weighted by Crippen LogP contribution is 2.14. The summed E-state index contributed by atoms with van der Waals surface area (Å²) in [6, 6.07) is 9.34. The van der Waals surface area contributed by atoms with Crippen molar-refractivity contribution in [3.63, 3.8) is 0 Å². The van der Waals surface area contributed by atoms with Crippen LogP contribution < -0.4 is 5.32 Å². The molecule has 0 radical (unpaired) electrons. The van der Waals surface area contributed by atoms with E-state index >= 15 is 0 Å². The minimum atomic E-state index is -0.311. The van der Waals surface area contributed by atoms with Crippen LogP contribution in [0.25, 0.3) is 0 Å². The first kappa shape index (κ1) is 13.6. The molecule has 4 heteroatoms. The van der Waals surface area contributed by atoms with Gasteiger partial charge in [0.2, 0.25) is 5.91 Å². The molecule has 0 fully saturated rings. The summed E-state index contributed by atoms with van der Waals surface area (Å²) in [4.78, 5) is 11.7. The third kappa shape index (κ3) is 4.12. The first-order valence-corrected chi connectivity index (χ1v) is 6.01. The quantitative estimate of drug-likeness (QED) is 0.805. The molecule has 17 heavy (non-hydrogen) atoms. The van der Waals surface area contributed by atoms with Gasteiger partial charge in [0.25, 0.3) is 0 Å². The number of hydrogen-bond donors (Lipinski definition) is 2. The second-order valence-electron chi connectivity index (χ2n) is 4.21. The molecule has 1 rings (SSSR count). The van der Waals surface area contributed by atoms with Gasteiger partial charge in [0.15, 0.2) is 0 Å². The number of anilines is 1. The van der Waals surface area contributed by atoms with Gasteiger partial charge in [-0.2, -0.15) is 17.9 Å². The average Bonchev–Trinajstić information content (AvgIpc) is 2.30. The highest BCUT2D eigenvalue weighted by Gasteiger charge is 2.17. The molecular weight excluding hydrogens is 232 g/mol. The van der Waals surface area contributed by atoms with Crippen LogP contribution in [0, 0.1) is 17.2 Å². The van der Waals surface area contributed by atoms with Crippen LogP contribution in [0.15, 0.2) is 24.3 Å². The topological polar surface area (TPSA) is 52.9 Å². The molecule has 0 spiro atoms. The largest absolute Gasteiger partial charge is 0.325 e. The predicted molar refractivity (Wildman–Crippen MR) is 72.0 cm³/mol. The Bertz CT molecular complexity index is 420. The maximum Gasteiger partial charge on any atom is 0.237 e. The number of rotatable bonds is 4. The van der Waals surface area contributed by atoms with Gasteiger partial charge in [0.1, 0.15) is 0 Å².